The Morgan fingerprint density at radius 1 is 1.15 bits per heavy atom. The number of anilines is 2. The van der Waals surface area contributed by atoms with Gasteiger partial charge in [0.25, 0.3) is 0 Å². The van der Waals surface area contributed by atoms with E-state index in [0.717, 1.165) is 0 Å². The van der Waals surface area contributed by atoms with Crippen LogP contribution < -0.4 is 11.5 Å². The zero-order valence-corrected chi connectivity index (χ0v) is 11.5. The first-order chi connectivity index (χ1) is 9.62. The lowest BCUT2D eigenvalue weighted by Crippen LogP contribution is -2.03. The summed E-state index contributed by atoms with van der Waals surface area (Å²) in [6.45, 7) is 0. The van der Waals surface area contributed by atoms with Crippen LogP contribution in [0.4, 0.5) is 11.5 Å². The number of benzene rings is 1. The van der Waals surface area contributed by atoms with Gasteiger partial charge in [0.05, 0.1) is 5.56 Å². The monoisotopic (exact) mass is 281 g/mol. The van der Waals surface area contributed by atoms with Gasteiger partial charge >= 0.3 is 0 Å². The summed E-state index contributed by atoms with van der Waals surface area (Å²) >= 11 is 1.31. The van der Waals surface area contributed by atoms with Crippen LogP contribution in [0.2, 0.25) is 0 Å². The largest absolute Gasteiger partial charge is 0.399 e. The smallest absolute Gasteiger partial charge is 0.143 e. The molecule has 1 aromatic heterocycles. The molecule has 0 radical (unpaired) electrons. The number of nitrogens with zero attached hydrogens (tertiary/aromatic N) is 3. The molecule has 1 aromatic carbocycles. The van der Waals surface area contributed by atoms with Crippen LogP contribution in [-0.4, -0.2) is 11.2 Å². The molecule has 0 aliphatic carbocycles. The molecule has 1 heterocycles. The molecule has 4 N–H and O–H groups in total. The molecule has 0 aliphatic heterocycles. The SMILES string of the molecule is CSc1nc(N)c(C#N)c(-c2cccc(N)c2)c1C#N. The van der Waals surface area contributed by atoms with Gasteiger partial charge in [-0.15, -0.1) is 11.8 Å². The number of hydrogen-bond donors (Lipinski definition) is 2. The highest BCUT2D eigenvalue weighted by Crippen LogP contribution is 2.35. The second-order valence-corrected chi connectivity index (χ2v) is 4.78. The van der Waals surface area contributed by atoms with Gasteiger partial charge in [0, 0.05) is 11.3 Å². The highest BCUT2D eigenvalue weighted by molar-refractivity contribution is 7.98. The highest BCUT2D eigenvalue weighted by atomic mass is 32.2. The Morgan fingerprint density at radius 2 is 1.85 bits per heavy atom. The zero-order valence-electron chi connectivity index (χ0n) is 10.7. The van der Waals surface area contributed by atoms with E-state index in [-0.39, 0.29) is 11.4 Å². The normalized spacial score (nSPS) is 9.75. The van der Waals surface area contributed by atoms with E-state index in [1.807, 2.05) is 6.07 Å². The van der Waals surface area contributed by atoms with Crippen molar-refractivity contribution in [1.82, 2.24) is 4.98 Å². The van der Waals surface area contributed by atoms with Crippen molar-refractivity contribution in [3.05, 3.63) is 35.4 Å². The number of rotatable bonds is 2. The topological polar surface area (TPSA) is 113 Å². The molecule has 0 saturated heterocycles. The Labute approximate surface area is 120 Å². The fourth-order valence-corrected chi connectivity index (χ4v) is 2.47. The molecule has 0 bridgehead atoms. The number of hydrogen-bond acceptors (Lipinski definition) is 6. The molecule has 20 heavy (non-hydrogen) atoms. The molecule has 0 amide bonds. The summed E-state index contributed by atoms with van der Waals surface area (Å²) < 4.78 is 0. The molecule has 0 unspecified atom stereocenters. The number of aromatic nitrogens is 1. The molecule has 0 saturated carbocycles. The fourth-order valence-electron chi connectivity index (χ4n) is 1.93. The fraction of sp³-hybridized carbons (Fsp3) is 0.0714. The molecule has 98 valence electrons. The van der Waals surface area contributed by atoms with Crippen LogP contribution >= 0.6 is 11.8 Å². The maximum Gasteiger partial charge on any atom is 0.143 e. The van der Waals surface area contributed by atoms with Crippen LogP contribution in [-0.2, 0) is 0 Å². The maximum absolute atomic E-state index is 9.39. The minimum atomic E-state index is 0.119. The van der Waals surface area contributed by atoms with E-state index < -0.39 is 0 Å². The summed E-state index contributed by atoms with van der Waals surface area (Å²) in [5.41, 5.74) is 13.9. The minimum Gasteiger partial charge on any atom is -0.399 e. The number of nitriles is 2. The van der Waals surface area contributed by atoms with Crippen LogP contribution in [0, 0.1) is 22.7 Å². The molecule has 5 nitrogen and oxygen atoms in total. The van der Waals surface area contributed by atoms with Crippen molar-refractivity contribution < 1.29 is 0 Å². The molecule has 2 aromatic rings. The Balaban J connectivity index is 2.90. The van der Waals surface area contributed by atoms with Crippen molar-refractivity contribution in [2.75, 3.05) is 17.7 Å². The van der Waals surface area contributed by atoms with Crippen molar-refractivity contribution in [2.45, 2.75) is 5.03 Å². The minimum absolute atomic E-state index is 0.119. The van der Waals surface area contributed by atoms with Gasteiger partial charge in [-0.05, 0) is 24.0 Å². The maximum atomic E-state index is 9.39. The van der Waals surface area contributed by atoms with E-state index in [9.17, 15) is 10.5 Å². The Hall–Kier alpha value is -2.70. The highest BCUT2D eigenvalue weighted by Gasteiger charge is 2.19. The molecular weight excluding hydrogens is 270 g/mol. The molecular formula is C14H11N5S. The van der Waals surface area contributed by atoms with Gasteiger partial charge in [0.2, 0.25) is 0 Å². The molecule has 0 aliphatic rings. The average Bonchev–Trinajstić information content (AvgIpc) is 2.45. The van der Waals surface area contributed by atoms with Crippen molar-refractivity contribution in [3.8, 4) is 23.3 Å². The van der Waals surface area contributed by atoms with Crippen LogP contribution in [0.25, 0.3) is 11.1 Å². The first-order valence-corrected chi connectivity index (χ1v) is 6.88. The standard InChI is InChI=1S/C14H11N5S/c1-20-14-11(7-16)12(10(6-15)13(18)19-14)8-3-2-4-9(17)5-8/h2-5H,17H2,1H3,(H2,18,19). The average molecular weight is 281 g/mol. The molecule has 6 heteroatoms. The van der Waals surface area contributed by atoms with Crippen LogP contribution in [0.1, 0.15) is 11.1 Å². The quantitative estimate of drug-likeness (QED) is 0.645. The van der Waals surface area contributed by atoms with E-state index in [4.69, 9.17) is 11.5 Å². The van der Waals surface area contributed by atoms with Crippen LogP contribution in [0.5, 0.6) is 0 Å². The van der Waals surface area contributed by atoms with E-state index in [1.54, 1.807) is 30.5 Å². The summed E-state index contributed by atoms with van der Waals surface area (Å²) in [5, 5.41) is 19.2. The Bertz CT molecular complexity index is 755. The van der Waals surface area contributed by atoms with Crippen molar-refractivity contribution in [2.24, 2.45) is 0 Å². The van der Waals surface area contributed by atoms with Crippen LogP contribution in [0.3, 0.4) is 0 Å². The number of pyridine rings is 1. The summed E-state index contributed by atoms with van der Waals surface area (Å²) in [7, 11) is 0. The second kappa shape index (κ2) is 5.52. The summed E-state index contributed by atoms with van der Waals surface area (Å²) in [6, 6.07) is 11.1. The lowest BCUT2D eigenvalue weighted by molar-refractivity contribution is 1.12. The first-order valence-electron chi connectivity index (χ1n) is 5.66. The van der Waals surface area contributed by atoms with Gasteiger partial charge in [-0.3, -0.25) is 0 Å². The third-order valence-electron chi connectivity index (χ3n) is 2.78. The molecule has 2 rings (SSSR count). The molecule has 0 fully saturated rings. The van der Waals surface area contributed by atoms with E-state index in [2.05, 4.69) is 11.1 Å². The summed E-state index contributed by atoms with van der Waals surface area (Å²) in [4.78, 5) is 4.11. The van der Waals surface area contributed by atoms with Crippen molar-refractivity contribution in [1.29, 1.82) is 10.5 Å². The predicted molar refractivity (Wildman–Crippen MR) is 79.7 cm³/mol. The summed E-state index contributed by atoms with van der Waals surface area (Å²) in [6.07, 6.45) is 1.80. The third-order valence-corrected chi connectivity index (χ3v) is 3.47. The number of nitrogen functional groups attached to an aromatic ring is 2. The summed E-state index contributed by atoms with van der Waals surface area (Å²) in [5.74, 6) is 0.119. The van der Waals surface area contributed by atoms with Crippen LogP contribution in [0.15, 0.2) is 29.3 Å². The van der Waals surface area contributed by atoms with Gasteiger partial charge in [0.15, 0.2) is 0 Å². The van der Waals surface area contributed by atoms with E-state index >= 15 is 0 Å². The van der Waals surface area contributed by atoms with Crippen molar-refractivity contribution in [3.63, 3.8) is 0 Å². The second-order valence-electron chi connectivity index (χ2n) is 3.98. The predicted octanol–water partition coefficient (Wildman–Crippen LogP) is 2.38. The van der Waals surface area contributed by atoms with Gasteiger partial charge < -0.3 is 11.5 Å². The number of nitrogens with two attached hydrogens (primary N) is 2. The number of thioether (sulfide) groups is 1. The molecule has 0 atom stereocenters. The lowest BCUT2D eigenvalue weighted by atomic mass is 9.96. The lowest BCUT2D eigenvalue weighted by Gasteiger charge is -2.12. The first kappa shape index (κ1) is 13.7. The van der Waals surface area contributed by atoms with E-state index in [1.165, 1.54) is 11.8 Å². The van der Waals surface area contributed by atoms with Gasteiger partial charge in [-0.2, -0.15) is 10.5 Å². The van der Waals surface area contributed by atoms with Crippen molar-refractivity contribution >= 4 is 23.3 Å². The van der Waals surface area contributed by atoms with E-state index in [0.29, 0.717) is 27.4 Å². The molecule has 0 spiro atoms. The Morgan fingerprint density at radius 3 is 2.40 bits per heavy atom. The van der Waals surface area contributed by atoms with Gasteiger partial charge in [0.1, 0.15) is 28.5 Å². The van der Waals surface area contributed by atoms with Gasteiger partial charge in [-0.1, -0.05) is 12.1 Å². The third kappa shape index (κ3) is 2.25. The zero-order chi connectivity index (χ0) is 14.7. The Kier molecular flexibility index (Phi) is 3.79. The van der Waals surface area contributed by atoms with Gasteiger partial charge in [-0.25, -0.2) is 4.98 Å².